The number of halogens is 1. The van der Waals surface area contributed by atoms with Crippen molar-refractivity contribution in [2.75, 3.05) is 6.61 Å². The third-order valence-electron chi connectivity index (χ3n) is 5.74. The fraction of sp³-hybridized carbons (Fsp3) is 0.429. The van der Waals surface area contributed by atoms with Crippen LogP contribution < -0.4 is 9.47 Å². The summed E-state index contributed by atoms with van der Waals surface area (Å²) in [7, 11) is 0. The topological polar surface area (TPSA) is 106 Å². The fourth-order valence-electron chi connectivity index (χ4n) is 4.39. The van der Waals surface area contributed by atoms with Gasteiger partial charge in [0.25, 0.3) is 11.8 Å². The number of amides is 2. The minimum atomic E-state index is -1.10. The SMILES string of the molecule is CCOc1cc(C=NN2C(=O)[C@@H]3[C@H](C2=O)[C@H]2C=C[C@H]3C2)cc(Br)c1O[C@@H](C)C(=O)O. The maximum atomic E-state index is 12.7. The van der Waals surface area contributed by atoms with Crippen molar-refractivity contribution in [1.82, 2.24) is 5.01 Å². The van der Waals surface area contributed by atoms with E-state index in [-0.39, 0.29) is 41.2 Å². The third kappa shape index (κ3) is 3.40. The molecule has 1 aliphatic heterocycles. The summed E-state index contributed by atoms with van der Waals surface area (Å²) >= 11 is 3.37. The molecule has 2 aliphatic carbocycles. The molecule has 9 heteroatoms. The summed E-state index contributed by atoms with van der Waals surface area (Å²) in [5, 5.41) is 14.2. The van der Waals surface area contributed by atoms with E-state index in [1.165, 1.54) is 13.1 Å². The van der Waals surface area contributed by atoms with Gasteiger partial charge in [-0.3, -0.25) is 9.59 Å². The number of hydrazone groups is 1. The normalized spacial score (nSPS) is 27.8. The fourth-order valence-corrected chi connectivity index (χ4v) is 4.94. The molecule has 1 aromatic rings. The lowest BCUT2D eigenvalue weighted by Gasteiger charge is -2.17. The number of hydrogen-bond donors (Lipinski definition) is 1. The van der Waals surface area contributed by atoms with Crippen molar-refractivity contribution in [2.45, 2.75) is 26.4 Å². The van der Waals surface area contributed by atoms with E-state index in [0.29, 0.717) is 22.4 Å². The van der Waals surface area contributed by atoms with Crippen molar-refractivity contribution in [3.05, 3.63) is 34.3 Å². The number of carboxylic acids is 1. The predicted octanol–water partition coefficient (Wildman–Crippen LogP) is 2.84. The zero-order chi connectivity index (χ0) is 21.6. The number of aliphatic carboxylic acids is 1. The maximum Gasteiger partial charge on any atom is 0.344 e. The Bertz CT molecular complexity index is 944. The lowest BCUT2D eigenvalue weighted by Crippen LogP contribution is -2.28. The van der Waals surface area contributed by atoms with Gasteiger partial charge >= 0.3 is 5.97 Å². The quantitative estimate of drug-likeness (QED) is 0.368. The number of fused-ring (bicyclic) bond motifs is 5. The Hall–Kier alpha value is -2.68. The molecule has 2 amide bonds. The summed E-state index contributed by atoms with van der Waals surface area (Å²) in [4.78, 5) is 36.6. The second kappa shape index (κ2) is 7.86. The van der Waals surface area contributed by atoms with Crippen LogP contribution in [0.5, 0.6) is 11.5 Å². The average Bonchev–Trinajstić information content (AvgIpc) is 3.37. The highest BCUT2D eigenvalue weighted by molar-refractivity contribution is 9.10. The van der Waals surface area contributed by atoms with Gasteiger partial charge in [0.15, 0.2) is 17.6 Å². The third-order valence-corrected chi connectivity index (χ3v) is 6.33. The van der Waals surface area contributed by atoms with Crippen LogP contribution >= 0.6 is 15.9 Å². The zero-order valence-electron chi connectivity index (χ0n) is 16.4. The van der Waals surface area contributed by atoms with Crippen LogP contribution in [-0.4, -0.2) is 46.8 Å². The highest BCUT2D eigenvalue weighted by atomic mass is 79.9. The van der Waals surface area contributed by atoms with Crippen LogP contribution in [0.3, 0.4) is 0 Å². The molecule has 5 atom stereocenters. The van der Waals surface area contributed by atoms with E-state index < -0.39 is 12.1 Å². The van der Waals surface area contributed by atoms with Crippen molar-refractivity contribution in [2.24, 2.45) is 28.8 Å². The molecule has 0 aromatic heterocycles. The molecule has 1 saturated heterocycles. The Morgan fingerprint density at radius 2 is 1.93 bits per heavy atom. The molecule has 0 radical (unpaired) electrons. The number of allylic oxidation sites excluding steroid dienone is 2. The summed E-state index contributed by atoms with van der Waals surface area (Å²) in [6.07, 6.45) is 5.29. The van der Waals surface area contributed by atoms with E-state index >= 15 is 0 Å². The molecular weight excluding hydrogens is 456 g/mol. The van der Waals surface area contributed by atoms with Crippen molar-refractivity contribution in [1.29, 1.82) is 0 Å². The molecule has 1 heterocycles. The number of ether oxygens (including phenoxy) is 2. The molecule has 0 unspecified atom stereocenters. The van der Waals surface area contributed by atoms with Gasteiger partial charge in [-0.1, -0.05) is 12.2 Å². The molecule has 2 fully saturated rings. The molecule has 0 spiro atoms. The highest BCUT2D eigenvalue weighted by Crippen LogP contribution is 2.52. The standard InChI is InChI=1S/C21H21BrN2O6/c1-3-29-15-7-11(6-14(22)18(15)30-10(2)21(27)28)9-23-24-19(25)16-12-4-5-13(8-12)17(16)20(24)26/h4-7,9-10,12-13,16-17H,3,8H2,1-2H3,(H,27,28)/t10-,12-,13-,16-,17+/m0/s1. The Labute approximate surface area is 181 Å². The first-order valence-electron chi connectivity index (χ1n) is 9.77. The van der Waals surface area contributed by atoms with E-state index in [1.807, 2.05) is 12.2 Å². The summed E-state index contributed by atoms with van der Waals surface area (Å²) < 4.78 is 11.6. The predicted molar refractivity (Wildman–Crippen MR) is 110 cm³/mol. The molecule has 1 aromatic carbocycles. The monoisotopic (exact) mass is 476 g/mol. The van der Waals surface area contributed by atoms with Gasteiger partial charge in [-0.2, -0.15) is 10.1 Å². The van der Waals surface area contributed by atoms with E-state index in [9.17, 15) is 14.4 Å². The summed E-state index contributed by atoms with van der Waals surface area (Å²) in [5.74, 6) is -1.36. The van der Waals surface area contributed by atoms with E-state index in [2.05, 4.69) is 21.0 Å². The number of benzene rings is 1. The van der Waals surface area contributed by atoms with E-state index in [4.69, 9.17) is 14.6 Å². The Balaban J connectivity index is 1.57. The number of rotatable bonds is 7. The van der Waals surface area contributed by atoms with Gasteiger partial charge in [0.2, 0.25) is 0 Å². The lowest BCUT2D eigenvalue weighted by atomic mass is 9.85. The number of imide groups is 1. The van der Waals surface area contributed by atoms with Crippen LogP contribution in [0.2, 0.25) is 0 Å². The molecule has 4 rings (SSSR count). The molecule has 30 heavy (non-hydrogen) atoms. The van der Waals surface area contributed by atoms with Gasteiger partial charge in [0, 0.05) is 0 Å². The first kappa shape index (κ1) is 20.6. The van der Waals surface area contributed by atoms with E-state index in [1.54, 1.807) is 19.1 Å². The molecular formula is C21H21BrN2O6. The van der Waals surface area contributed by atoms with Crippen LogP contribution in [0.15, 0.2) is 33.9 Å². The van der Waals surface area contributed by atoms with Gasteiger partial charge in [-0.15, -0.1) is 0 Å². The molecule has 1 saturated carbocycles. The number of nitrogens with zero attached hydrogens (tertiary/aromatic N) is 2. The number of carbonyl (C=O) groups excluding carboxylic acids is 2. The van der Waals surface area contributed by atoms with Crippen LogP contribution in [0.1, 0.15) is 25.8 Å². The molecule has 158 valence electrons. The zero-order valence-corrected chi connectivity index (χ0v) is 18.0. The van der Waals surface area contributed by atoms with Crippen molar-refractivity contribution in [3.63, 3.8) is 0 Å². The van der Waals surface area contributed by atoms with Gasteiger partial charge in [0.1, 0.15) is 0 Å². The Kier molecular flexibility index (Phi) is 5.40. The van der Waals surface area contributed by atoms with Gasteiger partial charge < -0.3 is 14.6 Å². The first-order valence-corrected chi connectivity index (χ1v) is 10.6. The van der Waals surface area contributed by atoms with Crippen molar-refractivity contribution < 1.29 is 29.0 Å². The molecule has 3 aliphatic rings. The summed E-state index contributed by atoms with van der Waals surface area (Å²) in [5.41, 5.74) is 0.569. The second-order valence-electron chi connectivity index (χ2n) is 7.59. The number of carbonyl (C=O) groups is 3. The largest absolute Gasteiger partial charge is 0.490 e. The minimum absolute atomic E-state index is 0.128. The smallest absolute Gasteiger partial charge is 0.344 e. The van der Waals surface area contributed by atoms with Crippen LogP contribution in [-0.2, 0) is 14.4 Å². The van der Waals surface area contributed by atoms with Gasteiger partial charge in [0.05, 0.1) is 29.1 Å². The average molecular weight is 477 g/mol. The number of hydrogen-bond acceptors (Lipinski definition) is 6. The highest BCUT2D eigenvalue weighted by Gasteiger charge is 2.59. The van der Waals surface area contributed by atoms with E-state index in [0.717, 1.165) is 11.4 Å². The van der Waals surface area contributed by atoms with Gasteiger partial charge in [-0.25, -0.2) is 4.79 Å². The van der Waals surface area contributed by atoms with Crippen LogP contribution in [0, 0.1) is 23.7 Å². The molecule has 1 N–H and O–H groups in total. The Morgan fingerprint density at radius 3 is 2.50 bits per heavy atom. The van der Waals surface area contributed by atoms with Crippen LogP contribution in [0.4, 0.5) is 0 Å². The lowest BCUT2D eigenvalue weighted by molar-refractivity contribution is -0.144. The second-order valence-corrected chi connectivity index (χ2v) is 8.45. The van der Waals surface area contributed by atoms with Crippen LogP contribution in [0.25, 0.3) is 0 Å². The minimum Gasteiger partial charge on any atom is -0.490 e. The van der Waals surface area contributed by atoms with Crippen molar-refractivity contribution in [3.8, 4) is 11.5 Å². The molecule has 8 nitrogen and oxygen atoms in total. The molecule has 2 bridgehead atoms. The maximum absolute atomic E-state index is 12.7. The Morgan fingerprint density at radius 1 is 1.30 bits per heavy atom. The summed E-state index contributed by atoms with van der Waals surface area (Å²) in [6, 6.07) is 3.28. The van der Waals surface area contributed by atoms with Crippen molar-refractivity contribution >= 4 is 39.9 Å². The number of carboxylic acid groups (broad SMARTS) is 1. The van der Waals surface area contributed by atoms with Gasteiger partial charge in [-0.05, 0) is 65.7 Å². The first-order chi connectivity index (χ1) is 14.3. The summed E-state index contributed by atoms with van der Waals surface area (Å²) in [6.45, 7) is 3.55.